The van der Waals surface area contributed by atoms with Crippen LogP contribution in [0.5, 0.6) is 11.5 Å². The molecule has 0 unspecified atom stereocenters. The quantitative estimate of drug-likeness (QED) is 0.398. The largest absolute Gasteiger partial charge is 0.497 e. The Kier molecular flexibility index (Phi) is 6.65. The predicted octanol–water partition coefficient (Wildman–Crippen LogP) is 3.14. The lowest BCUT2D eigenvalue weighted by Gasteiger charge is -2.09. The third-order valence-electron chi connectivity index (χ3n) is 4.52. The summed E-state index contributed by atoms with van der Waals surface area (Å²) in [6.07, 6.45) is 1.64. The monoisotopic (exact) mass is 465 g/mol. The van der Waals surface area contributed by atoms with Crippen LogP contribution in [0.2, 0.25) is 0 Å². The Bertz CT molecular complexity index is 1350. The van der Waals surface area contributed by atoms with E-state index >= 15 is 0 Å². The second-order valence-electron chi connectivity index (χ2n) is 6.81. The number of nitrogens with one attached hydrogen (secondary N) is 1. The molecule has 0 fully saturated rings. The number of carbonyl (C=O) groups excluding carboxylic acids is 2. The molecule has 2 heterocycles. The molecule has 33 heavy (non-hydrogen) atoms. The van der Waals surface area contributed by atoms with Crippen molar-refractivity contribution in [2.75, 3.05) is 19.0 Å². The molecule has 0 spiro atoms. The van der Waals surface area contributed by atoms with Gasteiger partial charge in [-0.25, -0.2) is 9.78 Å². The van der Waals surface area contributed by atoms with Gasteiger partial charge >= 0.3 is 5.97 Å². The van der Waals surface area contributed by atoms with Crippen molar-refractivity contribution in [3.8, 4) is 11.5 Å². The van der Waals surface area contributed by atoms with Crippen molar-refractivity contribution in [3.05, 3.63) is 87.8 Å². The van der Waals surface area contributed by atoms with Crippen LogP contribution in [0.3, 0.4) is 0 Å². The molecular weight excluding hydrogens is 446 g/mol. The van der Waals surface area contributed by atoms with Crippen LogP contribution in [0.1, 0.15) is 16.1 Å². The third-order valence-corrected chi connectivity index (χ3v) is 5.28. The van der Waals surface area contributed by atoms with E-state index in [0.29, 0.717) is 33.4 Å². The van der Waals surface area contributed by atoms with E-state index in [9.17, 15) is 14.4 Å². The Morgan fingerprint density at radius 1 is 1.09 bits per heavy atom. The highest BCUT2D eigenvalue weighted by molar-refractivity contribution is 7.15. The lowest BCUT2D eigenvalue weighted by Crippen LogP contribution is -2.20. The SMILES string of the molecule is COc1cccc(NC(=O)COc2ccc(C(=O)OCc3cc(=O)n4ccsc4n3)cc2)c1. The minimum Gasteiger partial charge on any atom is -0.497 e. The fourth-order valence-corrected chi connectivity index (χ4v) is 3.66. The zero-order valence-corrected chi connectivity index (χ0v) is 18.3. The Balaban J connectivity index is 1.28. The maximum absolute atomic E-state index is 12.3. The molecule has 1 N–H and O–H groups in total. The van der Waals surface area contributed by atoms with Crippen molar-refractivity contribution in [2.45, 2.75) is 6.61 Å². The number of aromatic nitrogens is 2. The highest BCUT2D eigenvalue weighted by Gasteiger charge is 2.11. The molecular formula is C23H19N3O6S. The van der Waals surface area contributed by atoms with Gasteiger partial charge in [0.2, 0.25) is 0 Å². The molecule has 10 heteroatoms. The van der Waals surface area contributed by atoms with E-state index in [-0.39, 0.29) is 24.7 Å². The molecule has 1 amide bonds. The minimum atomic E-state index is -0.564. The number of ether oxygens (including phenoxy) is 3. The van der Waals surface area contributed by atoms with E-state index in [1.807, 2.05) is 0 Å². The maximum atomic E-state index is 12.3. The standard InChI is InChI=1S/C23H19N3O6S/c1-30-19-4-2-3-16(11-19)24-20(27)14-31-18-7-5-15(6-8-18)22(29)32-13-17-12-21(28)26-9-10-33-23(26)25-17/h2-12H,13-14H2,1H3,(H,24,27). The molecule has 2 aromatic heterocycles. The second kappa shape index (κ2) is 9.96. The number of hydrogen-bond acceptors (Lipinski definition) is 8. The summed E-state index contributed by atoms with van der Waals surface area (Å²) in [5.74, 6) is 0.153. The summed E-state index contributed by atoms with van der Waals surface area (Å²) in [5.41, 5.74) is 1.04. The number of rotatable bonds is 8. The number of carbonyl (C=O) groups is 2. The van der Waals surface area contributed by atoms with Gasteiger partial charge in [-0.3, -0.25) is 14.0 Å². The van der Waals surface area contributed by atoms with Crippen LogP contribution in [0.25, 0.3) is 4.96 Å². The summed E-state index contributed by atoms with van der Waals surface area (Å²) in [5, 5.41) is 4.47. The van der Waals surface area contributed by atoms with Crippen molar-refractivity contribution in [3.63, 3.8) is 0 Å². The number of thiazole rings is 1. The summed E-state index contributed by atoms with van der Waals surface area (Å²) < 4.78 is 17.3. The molecule has 0 aliphatic heterocycles. The Labute approximate surface area is 192 Å². The molecule has 4 rings (SSSR count). The fraction of sp³-hybridized carbons (Fsp3) is 0.130. The van der Waals surface area contributed by atoms with Crippen molar-refractivity contribution in [2.24, 2.45) is 0 Å². The Morgan fingerprint density at radius 3 is 2.70 bits per heavy atom. The number of benzene rings is 2. The average Bonchev–Trinajstić information content (AvgIpc) is 3.31. The van der Waals surface area contributed by atoms with Crippen molar-refractivity contribution in [1.82, 2.24) is 9.38 Å². The summed E-state index contributed by atoms with van der Waals surface area (Å²) >= 11 is 1.32. The first-order valence-electron chi connectivity index (χ1n) is 9.81. The van der Waals surface area contributed by atoms with Gasteiger partial charge in [-0.2, -0.15) is 0 Å². The fourth-order valence-electron chi connectivity index (χ4n) is 2.92. The molecule has 168 valence electrons. The van der Waals surface area contributed by atoms with Crippen molar-refractivity contribution in [1.29, 1.82) is 0 Å². The number of esters is 1. The number of amides is 1. The first-order chi connectivity index (χ1) is 16.0. The van der Waals surface area contributed by atoms with E-state index < -0.39 is 5.97 Å². The van der Waals surface area contributed by atoms with Crippen molar-refractivity contribution < 1.29 is 23.8 Å². The molecule has 0 bridgehead atoms. The molecule has 4 aromatic rings. The van der Waals surface area contributed by atoms with Crippen LogP contribution in [0.4, 0.5) is 5.69 Å². The van der Waals surface area contributed by atoms with E-state index in [1.165, 1.54) is 33.9 Å². The topological polar surface area (TPSA) is 108 Å². The third kappa shape index (κ3) is 5.55. The number of methoxy groups -OCH3 is 1. The lowest BCUT2D eigenvalue weighted by molar-refractivity contribution is -0.118. The number of anilines is 1. The number of hydrogen-bond donors (Lipinski definition) is 1. The van der Waals surface area contributed by atoms with Gasteiger partial charge < -0.3 is 19.5 Å². The van der Waals surface area contributed by atoms with E-state index in [2.05, 4.69) is 10.3 Å². The minimum absolute atomic E-state index is 0.120. The molecule has 2 aromatic carbocycles. The molecule has 9 nitrogen and oxygen atoms in total. The van der Waals surface area contributed by atoms with Crippen LogP contribution in [-0.2, 0) is 16.1 Å². The Morgan fingerprint density at radius 2 is 1.91 bits per heavy atom. The first-order valence-corrected chi connectivity index (χ1v) is 10.7. The highest BCUT2D eigenvalue weighted by Crippen LogP contribution is 2.17. The van der Waals surface area contributed by atoms with Gasteiger partial charge in [-0.05, 0) is 36.4 Å². The average molecular weight is 465 g/mol. The molecule has 0 saturated carbocycles. The molecule has 0 aliphatic rings. The zero-order chi connectivity index (χ0) is 23.2. The van der Waals surface area contributed by atoms with Crippen molar-refractivity contribution >= 4 is 33.9 Å². The summed E-state index contributed by atoms with van der Waals surface area (Å²) in [4.78, 5) is 41.2. The van der Waals surface area contributed by atoms with Crippen LogP contribution >= 0.6 is 11.3 Å². The molecule has 0 atom stereocenters. The summed E-state index contributed by atoms with van der Waals surface area (Å²) in [7, 11) is 1.55. The van der Waals surface area contributed by atoms with Crippen LogP contribution in [0.15, 0.2) is 71.0 Å². The number of fused-ring (bicyclic) bond motifs is 1. The van der Waals surface area contributed by atoms with Crippen LogP contribution < -0.4 is 20.3 Å². The van der Waals surface area contributed by atoms with Gasteiger partial charge in [0.25, 0.3) is 11.5 Å². The van der Waals surface area contributed by atoms with Gasteiger partial charge in [-0.15, -0.1) is 11.3 Å². The predicted molar refractivity (Wildman–Crippen MR) is 122 cm³/mol. The smallest absolute Gasteiger partial charge is 0.338 e. The zero-order valence-electron chi connectivity index (χ0n) is 17.5. The van der Waals surface area contributed by atoms with Gasteiger partial charge in [0.1, 0.15) is 18.1 Å². The highest BCUT2D eigenvalue weighted by atomic mass is 32.1. The second-order valence-corrected chi connectivity index (χ2v) is 7.68. The van der Waals surface area contributed by atoms with E-state index in [1.54, 1.807) is 55.1 Å². The normalized spacial score (nSPS) is 10.6. The number of nitrogens with zero attached hydrogens (tertiary/aromatic N) is 2. The molecule has 0 radical (unpaired) electrons. The van der Waals surface area contributed by atoms with Gasteiger partial charge in [0, 0.05) is 29.4 Å². The van der Waals surface area contributed by atoms with Gasteiger partial charge in [0.15, 0.2) is 11.6 Å². The van der Waals surface area contributed by atoms with E-state index in [4.69, 9.17) is 14.2 Å². The first kappa shape index (κ1) is 22.0. The summed E-state index contributed by atoms with van der Waals surface area (Å²) in [6, 6.07) is 14.5. The lowest BCUT2D eigenvalue weighted by atomic mass is 10.2. The van der Waals surface area contributed by atoms with E-state index in [0.717, 1.165) is 0 Å². The molecule has 0 saturated heterocycles. The van der Waals surface area contributed by atoms with Gasteiger partial charge in [-0.1, -0.05) is 6.07 Å². The maximum Gasteiger partial charge on any atom is 0.338 e. The molecule has 0 aliphatic carbocycles. The Hall–Kier alpha value is -4.18. The van der Waals surface area contributed by atoms with Crippen LogP contribution in [-0.4, -0.2) is 35.0 Å². The summed E-state index contributed by atoms with van der Waals surface area (Å²) in [6.45, 7) is -0.321. The van der Waals surface area contributed by atoms with Crippen LogP contribution in [0, 0.1) is 0 Å². The van der Waals surface area contributed by atoms with Gasteiger partial charge in [0.05, 0.1) is 18.4 Å².